The molecular formula is C34H38F4N4O7. The van der Waals surface area contributed by atoms with Crippen molar-refractivity contribution >= 4 is 29.6 Å². The fraction of sp³-hybridized carbons (Fsp3) is 0.353. The van der Waals surface area contributed by atoms with Gasteiger partial charge in [-0.25, -0.2) is 14.0 Å². The second-order valence-corrected chi connectivity index (χ2v) is 11.8. The number of quaternary nitrogens is 1. The van der Waals surface area contributed by atoms with Gasteiger partial charge in [-0.1, -0.05) is 24.3 Å². The number of benzene rings is 3. The van der Waals surface area contributed by atoms with Crippen LogP contribution in [0.25, 0.3) is 0 Å². The molecule has 1 aliphatic heterocycles. The van der Waals surface area contributed by atoms with Crippen LogP contribution in [0.2, 0.25) is 0 Å². The van der Waals surface area contributed by atoms with Gasteiger partial charge >= 0.3 is 18.2 Å². The van der Waals surface area contributed by atoms with Gasteiger partial charge in [-0.05, 0) is 73.9 Å². The van der Waals surface area contributed by atoms with Gasteiger partial charge in [0, 0.05) is 17.7 Å². The molecule has 3 aromatic carbocycles. The van der Waals surface area contributed by atoms with Gasteiger partial charge in [0.15, 0.2) is 0 Å². The number of hydrogen-bond acceptors (Lipinski definition) is 7. The summed E-state index contributed by atoms with van der Waals surface area (Å²) in [6.07, 6.45) is -3.58. The van der Waals surface area contributed by atoms with E-state index in [0.29, 0.717) is 35.2 Å². The number of halogens is 4. The number of likely N-dealkylation sites (tertiary alicyclic amines) is 1. The number of amides is 3. The van der Waals surface area contributed by atoms with Gasteiger partial charge in [0.05, 0.1) is 38.3 Å². The van der Waals surface area contributed by atoms with E-state index in [0.717, 1.165) is 24.1 Å². The minimum absolute atomic E-state index is 0.0907. The molecule has 0 aliphatic carbocycles. The molecule has 15 heteroatoms. The molecule has 0 aromatic heterocycles. The third-order valence-electron chi connectivity index (χ3n) is 7.88. The molecule has 3 aromatic rings. The molecule has 1 aliphatic rings. The molecule has 11 nitrogen and oxygen atoms in total. The summed E-state index contributed by atoms with van der Waals surface area (Å²) in [5.41, 5.74) is 8.32. The zero-order valence-corrected chi connectivity index (χ0v) is 26.9. The molecule has 0 saturated carbocycles. The van der Waals surface area contributed by atoms with Crippen molar-refractivity contribution in [3.8, 4) is 5.75 Å². The fourth-order valence-corrected chi connectivity index (χ4v) is 5.69. The number of aliphatic carboxylic acids is 1. The first kappa shape index (κ1) is 38.3. The lowest BCUT2D eigenvalue weighted by Crippen LogP contribution is -2.62. The lowest BCUT2D eigenvalue weighted by Gasteiger charge is -2.46. The Hall–Kier alpha value is -5.18. The number of nitrogens with one attached hydrogen (secondary N) is 1. The first-order valence-corrected chi connectivity index (χ1v) is 15.3. The number of urea groups is 1. The van der Waals surface area contributed by atoms with Crippen molar-refractivity contribution in [2.24, 2.45) is 5.73 Å². The van der Waals surface area contributed by atoms with E-state index >= 15 is 0 Å². The lowest BCUT2D eigenvalue weighted by molar-refractivity contribution is -0.928. The molecule has 264 valence electrons. The average Bonchev–Trinajstić information content (AvgIpc) is 3.02. The molecule has 3 amide bonds. The summed E-state index contributed by atoms with van der Waals surface area (Å²) in [6.45, 7) is 3.90. The van der Waals surface area contributed by atoms with Gasteiger partial charge in [0.2, 0.25) is 5.91 Å². The molecule has 1 heterocycles. The van der Waals surface area contributed by atoms with E-state index in [4.69, 9.17) is 20.4 Å². The number of carboxylic acid groups (broad SMARTS) is 1. The Morgan fingerprint density at radius 1 is 1.06 bits per heavy atom. The number of carboxylic acids is 1. The molecule has 1 saturated heterocycles. The van der Waals surface area contributed by atoms with Crippen LogP contribution in [-0.2, 0) is 27.3 Å². The summed E-state index contributed by atoms with van der Waals surface area (Å²) in [5.74, 6) is -4.33. The Bertz CT molecular complexity index is 1600. The van der Waals surface area contributed by atoms with Crippen molar-refractivity contribution in [3.63, 3.8) is 0 Å². The number of nitrogens with two attached hydrogens (primary N) is 1. The van der Waals surface area contributed by atoms with E-state index in [9.17, 15) is 37.1 Å². The summed E-state index contributed by atoms with van der Waals surface area (Å²) in [4.78, 5) is 49.3. The second kappa shape index (κ2) is 16.8. The van der Waals surface area contributed by atoms with E-state index in [1.165, 1.54) is 29.2 Å². The van der Waals surface area contributed by atoms with E-state index in [1.54, 1.807) is 49.4 Å². The zero-order chi connectivity index (χ0) is 36.4. The molecule has 4 N–H and O–H groups in total. The van der Waals surface area contributed by atoms with Crippen LogP contribution in [0.15, 0.2) is 72.8 Å². The maximum atomic E-state index is 14.0. The Labute approximate surface area is 280 Å². The molecular weight excluding hydrogens is 652 g/mol. The first-order valence-electron chi connectivity index (χ1n) is 15.3. The maximum absolute atomic E-state index is 14.0. The van der Waals surface area contributed by atoms with Crippen molar-refractivity contribution in [1.82, 2.24) is 4.90 Å². The largest absolute Gasteiger partial charge is 0.542 e. The van der Waals surface area contributed by atoms with Gasteiger partial charge in [-0.3, -0.25) is 4.79 Å². The molecule has 0 bridgehead atoms. The number of aromatic hydroxyl groups is 1. The van der Waals surface area contributed by atoms with Gasteiger partial charge in [0.1, 0.15) is 30.1 Å². The number of primary amides is 1. The Balaban J connectivity index is 0.000000838. The predicted octanol–water partition coefficient (Wildman–Crippen LogP) is 3.75. The average molecular weight is 691 g/mol. The number of hydrogen-bond donors (Lipinski definition) is 3. The summed E-state index contributed by atoms with van der Waals surface area (Å²) < 4.78 is 51.1. The van der Waals surface area contributed by atoms with Crippen molar-refractivity contribution in [2.75, 3.05) is 32.1 Å². The number of carbonyl (C=O) groups is 4. The molecule has 1 fully saturated rings. The molecule has 1 unspecified atom stereocenters. The van der Waals surface area contributed by atoms with Crippen LogP contribution in [0.5, 0.6) is 5.75 Å². The van der Waals surface area contributed by atoms with E-state index in [2.05, 4.69) is 12.4 Å². The van der Waals surface area contributed by atoms with Crippen LogP contribution in [0.1, 0.15) is 41.3 Å². The number of carbonyl (C=O) groups excluding carboxylic acids is 4. The number of phenolic OH excluding ortho intramolecular Hbond substituents is 1. The van der Waals surface area contributed by atoms with Gasteiger partial charge in [0.25, 0.3) is 0 Å². The molecule has 0 spiro atoms. The highest BCUT2D eigenvalue weighted by Gasteiger charge is 2.41. The molecule has 49 heavy (non-hydrogen) atoms. The van der Waals surface area contributed by atoms with Crippen molar-refractivity contribution in [2.45, 2.75) is 51.0 Å². The summed E-state index contributed by atoms with van der Waals surface area (Å²) in [7, 11) is 2.07. The maximum Gasteiger partial charge on any atom is 0.430 e. The quantitative estimate of drug-likeness (QED) is 0.166. The van der Waals surface area contributed by atoms with Crippen LogP contribution >= 0.6 is 0 Å². The number of likely N-dealkylation sites (N-methyl/N-ethyl adjacent to an activating group) is 1. The standard InChI is InChI=1S/C32H37FN4O5.C2HF3O2/c1-3-42-31(40)24-11-13-26(14-12-24)35-32(41)36(29(30(34)39)19-22-9-15-28(38)16-10-22)27-8-5-17-37(2,21-27)20-23-6-4-7-25(33)18-23;3-2(4,5)1(6)7/h4,6-7,9-16,18,27,29H,3,5,8,17,19-21H2,1-2H3,(H3-,34,35,38,39,40,41);(H,6,7)/t27-,29+,37?;/m1./s1. The number of rotatable bonds is 10. The van der Waals surface area contributed by atoms with Crippen molar-refractivity contribution < 1.29 is 56.2 Å². The van der Waals surface area contributed by atoms with Gasteiger partial charge < -0.3 is 40.2 Å². The minimum Gasteiger partial charge on any atom is -0.542 e. The number of phenols is 1. The summed E-state index contributed by atoms with van der Waals surface area (Å²) in [6, 6.07) is 17.5. The fourth-order valence-electron chi connectivity index (χ4n) is 5.69. The van der Waals surface area contributed by atoms with Crippen LogP contribution in [0.4, 0.5) is 28.0 Å². The normalized spacial score (nSPS) is 17.9. The Morgan fingerprint density at radius 3 is 2.24 bits per heavy atom. The highest BCUT2D eigenvalue weighted by atomic mass is 19.4. The first-order chi connectivity index (χ1) is 23.0. The van der Waals surface area contributed by atoms with Crippen molar-refractivity contribution in [3.05, 3.63) is 95.3 Å². The topological polar surface area (TPSA) is 162 Å². The van der Waals surface area contributed by atoms with E-state index < -0.39 is 36.1 Å². The number of alkyl halides is 3. The van der Waals surface area contributed by atoms with Crippen LogP contribution in [-0.4, -0.2) is 83.4 Å². The van der Waals surface area contributed by atoms with Crippen LogP contribution in [0, 0.1) is 5.82 Å². The molecule has 4 rings (SSSR count). The van der Waals surface area contributed by atoms with Crippen molar-refractivity contribution in [1.29, 1.82) is 0 Å². The second-order valence-electron chi connectivity index (χ2n) is 11.8. The van der Waals surface area contributed by atoms with Gasteiger partial charge in [-0.2, -0.15) is 13.2 Å². The van der Waals surface area contributed by atoms with E-state index in [-0.39, 0.29) is 30.6 Å². The third-order valence-corrected chi connectivity index (χ3v) is 7.88. The number of esters is 1. The minimum atomic E-state index is -5.19. The van der Waals surface area contributed by atoms with Gasteiger partial charge in [-0.15, -0.1) is 0 Å². The SMILES string of the molecule is CCOC(=O)c1ccc(NC(=O)N([C@@H]2CCC[N+](C)(Cc3cccc(F)c3)C2)[C@@H](Cc2ccc(O)cc2)C(N)=O)cc1.O=C([O-])C(F)(F)F. The Morgan fingerprint density at radius 2 is 1.69 bits per heavy atom. The van der Waals surface area contributed by atoms with Crippen LogP contribution in [0.3, 0.4) is 0 Å². The highest BCUT2D eigenvalue weighted by molar-refractivity contribution is 5.95. The molecule has 0 radical (unpaired) electrons. The zero-order valence-electron chi connectivity index (χ0n) is 26.9. The molecule has 3 atom stereocenters. The van der Waals surface area contributed by atoms with E-state index in [1.807, 2.05) is 6.07 Å². The monoisotopic (exact) mass is 690 g/mol. The number of piperidine rings is 1. The number of anilines is 1. The summed E-state index contributed by atoms with van der Waals surface area (Å²) >= 11 is 0. The number of nitrogens with zero attached hydrogens (tertiary/aromatic N) is 2. The summed E-state index contributed by atoms with van der Waals surface area (Å²) in [5, 5.41) is 21.4. The van der Waals surface area contributed by atoms with Crippen LogP contribution < -0.4 is 16.2 Å². The number of ether oxygens (including phenoxy) is 1. The Kier molecular flexibility index (Phi) is 13.1. The smallest absolute Gasteiger partial charge is 0.430 e. The third kappa shape index (κ3) is 11.5. The highest BCUT2D eigenvalue weighted by Crippen LogP contribution is 2.28. The predicted molar refractivity (Wildman–Crippen MR) is 168 cm³/mol. The lowest BCUT2D eigenvalue weighted by atomic mass is 9.96.